The van der Waals surface area contributed by atoms with Crippen molar-refractivity contribution in [3.63, 3.8) is 0 Å². The average molecular weight is 400 g/mol. The van der Waals surface area contributed by atoms with Crippen molar-refractivity contribution >= 4 is 39.7 Å². The molecule has 1 fully saturated rings. The Kier molecular flexibility index (Phi) is 7.08. The van der Waals surface area contributed by atoms with Crippen molar-refractivity contribution in [3.8, 4) is 0 Å². The maximum absolute atomic E-state index is 5.54. The first-order valence-corrected chi connectivity index (χ1v) is 10.8. The van der Waals surface area contributed by atoms with Gasteiger partial charge in [-0.25, -0.2) is 4.98 Å². The smallest absolute Gasteiger partial charge is 0.173 e. The Balaban J connectivity index is 1.74. The quantitative estimate of drug-likeness (QED) is 0.737. The number of anilines is 2. The highest BCUT2D eigenvalue weighted by Gasteiger charge is 2.18. The van der Waals surface area contributed by atoms with E-state index in [4.69, 9.17) is 17.2 Å². The summed E-state index contributed by atoms with van der Waals surface area (Å²) in [5.41, 5.74) is 3.32. The number of likely N-dealkylation sites (N-methyl/N-ethyl adjacent to an activating group) is 1. The fourth-order valence-corrected chi connectivity index (χ4v) is 3.83. The molecule has 152 valence electrons. The van der Waals surface area contributed by atoms with Crippen molar-refractivity contribution in [2.75, 3.05) is 56.5 Å². The van der Waals surface area contributed by atoms with E-state index in [1.807, 2.05) is 7.05 Å². The fraction of sp³-hybridized carbons (Fsp3) is 0.545. The predicted octanol–water partition coefficient (Wildman–Crippen LogP) is 4.11. The van der Waals surface area contributed by atoms with E-state index in [-0.39, 0.29) is 0 Å². The molecule has 2 heterocycles. The van der Waals surface area contributed by atoms with E-state index in [1.54, 1.807) is 0 Å². The van der Waals surface area contributed by atoms with Gasteiger partial charge < -0.3 is 20.0 Å². The number of aromatic nitrogens is 1. The van der Waals surface area contributed by atoms with Crippen LogP contribution in [0.4, 0.5) is 11.5 Å². The van der Waals surface area contributed by atoms with Gasteiger partial charge in [-0.15, -0.1) is 0 Å². The van der Waals surface area contributed by atoms with Gasteiger partial charge in [-0.2, -0.15) is 0 Å². The molecule has 1 N–H and O–H groups in total. The molecule has 1 aromatic carbocycles. The number of hydrogen-bond acceptors (Lipinski definition) is 4. The summed E-state index contributed by atoms with van der Waals surface area (Å²) in [7, 11) is 2.05. The normalized spacial score (nSPS) is 15.1. The lowest BCUT2D eigenvalue weighted by atomic mass is 10.1. The molecule has 6 heteroatoms. The van der Waals surface area contributed by atoms with Gasteiger partial charge in [-0.1, -0.05) is 20.3 Å². The fourth-order valence-electron chi connectivity index (χ4n) is 3.63. The molecule has 2 aromatic rings. The Morgan fingerprint density at radius 2 is 1.93 bits per heavy atom. The number of rotatable bonds is 6. The molecule has 0 aliphatic carbocycles. The van der Waals surface area contributed by atoms with E-state index in [1.165, 1.54) is 17.4 Å². The maximum Gasteiger partial charge on any atom is 0.173 e. The number of nitrogens with one attached hydrogen (secondary N) is 1. The zero-order valence-corrected chi connectivity index (χ0v) is 18.5. The summed E-state index contributed by atoms with van der Waals surface area (Å²) in [5, 5.41) is 5.32. The number of thiocarbonyl (C=S) groups is 1. The average Bonchev–Trinajstić information content (AvgIpc) is 2.72. The minimum absolute atomic E-state index is 0.767. The van der Waals surface area contributed by atoms with Crippen LogP contribution in [0.15, 0.2) is 24.3 Å². The van der Waals surface area contributed by atoms with Crippen LogP contribution in [0.3, 0.4) is 0 Å². The number of nitrogens with zero attached hydrogens (tertiary/aromatic N) is 4. The molecule has 0 amide bonds. The number of unbranched alkanes of at least 4 members (excludes halogenated alkanes) is 1. The van der Waals surface area contributed by atoms with Gasteiger partial charge in [0, 0.05) is 50.8 Å². The predicted molar refractivity (Wildman–Crippen MR) is 125 cm³/mol. The van der Waals surface area contributed by atoms with Crippen LogP contribution in [0.25, 0.3) is 10.9 Å². The molecule has 3 rings (SSSR count). The summed E-state index contributed by atoms with van der Waals surface area (Å²) in [6, 6.07) is 8.56. The molecular formula is C22H33N5S. The first kappa shape index (κ1) is 20.8. The van der Waals surface area contributed by atoms with Crippen LogP contribution in [0.2, 0.25) is 0 Å². The van der Waals surface area contributed by atoms with E-state index in [0.717, 1.165) is 67.8 Å². The molecule has 0 spiro atoms. The summed E-state index contributed by atoms with van der Waals surface area (Å²) in [6.45, 7) is 13.0. The van der Waals surface area contributed by atoms with E-state index in [0.29, 0.717) is 0 Å². The van der Waals surface area contributed by atoms with Crippen molar-refractivity contribution in [1.82, 2.24) is 14.8 Å². The molecular weight excluding hydrogens is 366 g/mol. The summed E-state index contributed by atoms with van der Waals surface area (Å²) in [5.74, 6) is 1.09. The molecule has 0 atom stereocenters. The van der Waals surface area contributed by atoms with E-state index < -0.39 is 0 Å². The third-order valence-corrected chi connectivity index (χ3v) is 6.00. The Morgan fingerprint density at radius 1 is 1.18 bits per heavy atom. The van der Waals surface area contributed by atoms with Crippen LogP contribution in [0.5, 0.6) is 0 Å². The van der Waals surface area contributed by atoms with Crippen molar-refractivity contribution in [1.29, 1.82) is 0 Å². The molecule has 1 aliphatic rings. The highest BCUT2D eigenvalue weighted by atomic mass is 32.1. The maximum atomic E-state index is 5.54. The first-order chi connectivity index (χ1) is 13.5. The van der Waals surface area contributed by atoms with Crippen LogP contribution in [-0.2, 0) is 0 Å². The topological polar surface area (TPSA) is 34.6 Å². The Morgan fingerprint density at radius 3 is 2.61 bits per heavy atom. The lowest BCUT2D eigenvalue weighted by molar-refractivity contribution is 0.270. The number of aryl methyl sites for hydroxylation is 1. The Bertz CT molecular complexity index is 814. The van der Waals surface area contributed by atoms with Crippen LogP contribution in [-0.4, -0.2) is 66.2 Å². The SMILES string of the molecule is CCCCN(C)C(=S)Nc1ccc2nc(N3CCN(CC)CC3)cc(C)c2c1. The second-order valence-electron chi connectivity index (χ2n) is 7.66. The zero-order chi connectivity index (χ0) is 20.1. The highest BCUT2D eigenvalue weighted by molar-refractivity contribution is 7.80. The summed E-state index contributed by atoms with van der Waals surface area (Å²) < 4.78 is 0. The molecule has 28 heavy (non-hydrogen) atoms. The lowest BCUT2D eigenvalue weighted by Crippen LogP contribution is -2.46. The van der Waals surface area contributed by atoms with Gasteiger partial charge in [0.15, 0.2) is 5.11 Å². The van der Waals surface area contributed by atoms with Crippen molar-refractivity contribution < 1.29 is 0 Å². The van der Waals surface area contributed by atoms with E-state index in [9.17, 15) is 0 Å². The standard InChI is InChI=1S/C22H33N5S/c1-5-7-10-25(4)22(28)23-18-8-9-20-19(16-18)17(3)15-21(24-20)27-13-11-26(6-2)12-14-27/h8-9,15-16H,5-7,10-14H2,1-4H3,(H,23,28). The van der Waals surface area contributed by atoms with Gasteiger partial charge in [0.2, 0.25) is 0 Å². The van der Waals surface area contributed by atoms with Crippen molar-refractivity contribution in [2.45, 2.75) is 33.6 Å². The molecule has 5 nitrogen and oxygen atoms in total. The monoisotopic (exact) mass is 399 g/mol. The van der Waals surface area contributed by atoms with Gasteiger partial charge in [0.25, 0.3) is 0 Å². The summed E-state index contributed by atoms with van der Waals surface area (Å²) >= 11 is 5.54. The van der Waals surface area contributed by atoms with Crippen LogP contribution < -0.4 is 10.2 Å². The van der Waals surface area contributed by atoms with E-state index in [2.05, 4.69) is 65.1 Å². The van der Waals surface area contributed by atoms with Gasteiger partial charge in [0.1, 0.15) is 5.82 Å². The molecule has 0 bridgehead atoms. The second-order valence-corrected chi connectivity index (χ2v) is 8.04. The van der Waals surface area contributed by atoms with Crippen LogP contribution in [0, 0.1) is 6.92 Å². The molecule has 1 saturated heterocycles. The largest absolute Gasteiger partial charge is 0.354 e. The molecule has 1 aliphatic heterocycles. The molecule has 0 saturated carbocycles. The molecule has 0 unspecified atom stereocenters. The zero-order valence-electron chi connectivity index (χ0n) is 17.7. The van der Waals surface area contributed by atoms with Gasteiger partial charge >= 0.3 is 0 Å². The second kappa shape index (κ2) is 9.52. The lowest BCUT2D eigenvalue weighted by Gasteiger charge is -2.35. The summed E-state index contributed by atoms with van der Waals surface area (Å²) in [6.07, 6.45) is 2.32. The van der Waals surface area contributed by atoms with Crippen molar-refractivity contribution in [3.05, 3.63) is 29.8 Å². The number of pyridine rings is 1. The van der Waals surface area contributed by atoms with Crippen molar-refractivity contribution in [2.24, 2.45) is 0 Å². The molecule has 1 aromatic heterocycles. The molecule has 0 radical (unpaired) electrons. The van der Waals surface area contributed by atoms with E-state index >= 15 is 0 Å². The first-order valence-electron chi connectivity index (χ1n) is 10.4. The Labute approximate surface area is 174 Å². The van der Waals surface area contributed by atoms with Gasteiger partial charge in [-0.05, 0) is 61.9 Å². The third kappa shape index (κ3) is 4.92. The van der Waals surface area contributed by atoms with Crippen LogP contribution in [0.1, 0.15) is 32.3 Å². The summed E-state index contributed by atoms with van der Waals surface area (Å²) in [4.78, 5) is 11.9. The Hall–Kier alpha value is -1.92. The van der Waals surface area contributed by atoms with Crippen LogP contribution >= 0.6 is 12.2 Å². The minimum atomic E-state index is 0.767. The minimum Gasteiger partial charge on any atom is -0.354 e. The number of hydrogen-bond donors (Lipinski definition) is 1. The number of piperazine rings is 1. The van der Waals surface area contributed by atoms with Gasteiger partial charge in [-0.3, -0.25) is 0 Å². The van der Waals surface area contributed by atoms with Gasteiger partial charge in [0.05, 0.1) is 5.52 Å². The highest BCUT2D eigenvalue weighted by Crippen LogP contribution is 2.26. The third-order valence-electron chi connectivity index (χ3n) is 5.59. The number of benzene rings is 1. The number of fused-ring (bicyclic) bond motifs is 1.